The van der Waals surface area contributed by atoms with E-state index in [1.54, 1.807) is 12.1 Å². The van der Waals surface area contributed by atoms with E-state index in [9.17, 15) is 0 Å². The summed E-state index contributed by atoms with van der Waals surface area (Å²) in [5.41, 5.74) is 11.4. The summed E-state index contributed by atoms with van der Waals surface area (Å²) in [4.78, 5) is 9.29. The minimum Gasteiger partial charge on any atom is -0.385 e. The van der Waals surface area contributed by atoms with Gasteiger partial charge in [-0.15, -0.1) is 0 Å². The zero-order valence-electron chi connectivity index (χ0n) is 15.5. The number of halogens is 1. The van der Waals surface area contributed by atoms with Gasteiger partial charge in [0, 0.05) is 41.3 Å². The first-order valence-corrected chi connectivity index (χ1v) is 9.85. The van der Waals surface area contributed by atoms with E-state index in [1.807, 2.05) is 36.4 Å². The second kappa shape index (κ2) is 14.9. The predicted octanol–water partition coefficient (Wildman–Crippen LogP) is 6.78. The minimum absolute atomic E-state index is 0.504. The van der Waals surface area contributed by atoms with Crippen LogP contribution in [0.1, 0.15) is 12.8 Å². The average Bonchev–Trinajstić information content (AvgIpc) is 2.75. The lowest BCUT2D eigenvalue weighted by Crippen LogP contribution is -2.02. The molecule has 0 aliphatic carbocycles. The van der Waals surface area contributed by atoms with Crippen LogP contribution in [0.2, 0.25) is 0 Å². The molecular weight excluding hydrogens is 418 g/mol. The van der Waals surface area contributed by atoms with Crippen LogP contribution in [-0.2, 0) is 0 Å². The summed E-state index contributed by atoms with van der Waals surface area (Å²) in [5, 5.41) is 10.9. The van der Waals surface area contributed by atoms with Gasteiger partial charge in [-0.25, -0.2) is 9.69 Å². The molecule has 2 aromatic rings. The molecule has 0 aliphatic rings. The van der Waals surface area contributed by atoms with E-state index in [-0.39, 0.29) is 0 Å². The SMILES string of the molecule is [C-]#[N+]c1ccc(NCCCBr)cc1.[C-]#[N+]c1ccc(NCCCN=[N+]=[N-])cc1. The highest BCUT2D eigenvalue weighted by atomic mass is 79.9. The lowest BCUT2D eigenvalue weighted by molar-refractivity contribution is 0.867. The number of rotatable bonds is 9. The predicted molar refractivity (Wildman–Crippen MR) is 119 cm³/mol. The van der Waals surface area contributed by atoms with Gasteiger partial charge < -0.3 is 10.6 Å². The standard InChI is InChI=1S/C10H11BrN2.C10H11N5/c1-12-9-3-5-10(6-4-9)13-8-2-7-11;1-12-9-3-5-10(6-4-9)13-7-2-8-14-15-11/h3-6,13H,2,7-8H2;3-6,13H,2,7-8H2. The summed E-state index contributed by atoms with van der Waals surface area (Å²) < 4.78 is 0. The monoisotopic (exact) mass is 439 g/mol. The Morgan fingerprint density at radius 2 is 1.29 bits per heavy atom. The zero-order valence-corrected chi connectivity index (χ0v) is 17.1. The van der Waals surface area contributed by atoms with E-state index in [2.05, 4.69) is 46.3 Å². The number of hydrogen-bond donors (Lipinski definition) is 2. The smallest absolute Gasteiger partial charge is 0.187 e. The van der Waals surface area contributed by atoms with Gasteiger partial charge in [0.05, 0.1) is 13.1 Å². The van der Waals surface area contributed by atoms with E-state index in [1.165, 1.54) is 0 Å². The van der Waals surface area contributed by atoms with Gasteiger partial charge in [0.25, 0.3) is 0 Å². The number of nitrogens with zero attached hydrogens (tertiary/aromatic N) is 5. The van der Waals surface area contributed by atoms with E-state index in [0.717, 1.165) is 42.6 Å². The Labute approximate surface area is 174 Å². The fourth-order valence-corrected chi connectivity index (χ4v) is 2.31. The molecule has 144 valence electrons. The van der Waals surface area contributed by atoms with Crippen molar-refractivity contribution < 1.29 is 0 Å². The molecule has 0 radical (unpaired) electrons. The Balaban J connectivity index is 0.000000283. The maximum Gasteiger partial charge on any atom is 0.187 e. The third kappa shape index (κ3) is 10.1. The van der Waals surface area contributed by atoms with E-state index < -0.39 is 0 Å². The molecule has 7 nitrogen and oxygen atoms in total. The molecule has 0 saturated heterocycles. The van der Waals surface area contributed by atoms with Gasteiger partial charge in [0.2, 0.25) is 0 Å². The summed E-state index contributed by atoms with van der Waals surface area (Å²) in [6.07, 6.45) is 1.90. The third-order valence-electron chi connectivity index (χ3n) is 3.46. The quantitative estimate of drug-likeness (QED) is 0.112. The lowest BCUT2D eigenvalue weighted by atomic mass is 10.3. The fourth-order valence-electron chi connectivity index (χ4n) is 2.03. The molecule has 8 heteroatoms. The normalized spacial score (nSPS) is 8.96. The highest BCUT2D eigenvalue weighted by Gasteiger charge is 1.93. The number of anilines is 2. The van der Waals surface area contributed by atoms with Crippen molar-refractivity contribution in [1.29, 1.82) is 0 Å². The van der Waals surface area contributed by atoms with Crippen LogP contribution in [0.3, 0.4) is 0 Å². The van der Waals surface area contributed by atoms with Crippen molar-refractivity contribution >= 4 is 38.7 Å². The van der Waals surface area contributed by atoms with Gasteiger partial charge in [-0.05, 0) is 42.6 Å². The molecule has 0 atom stereocenters. The van der Waals surface area contributed by atoms with E-state index >= 15 is 0 Å². The van der Waals surface area contributed by atoms with Crippen LogP contribution in [0, 0.1) is 13.1 Å². The highest BCUT2D eigenvalue weighted by Crippen LogP contribution is 2.16. The molecule has 2 N–H and O–H groups in total. The number of alkyl halides is 1. The van der Waals surface area contributed by atoms with Gasteiger partial charge in [-0.2, -0.15) is 0 Å². The molecule has 0 spiro atoms. The largest absolute Gasteiger partial charge is 0.385 e. The first-order valence-electron chi connectivity index (χ1n) is 8.73. The molecule has 0 bridgehead atoms. The number of azide groups is 1. The molecular formula is C20H22BrN7. The maximum atomic E-state index is 8.05. The molecule has 0 unspecified atom stereocenters. The Hall–Kier alpha value is -3.19. The molecule has 0 heterocycles. The number of benzene rings is 2. The fraction of sp³-hybridized carbons (Fsp3) is 0.300. The van der Waals surface area contributed by atoms with Crippen molar-refractivity contribution in [1.82, 2.24) is 0 Å². The van der Waals surface area contributed by atoms with Crippen molar-refractivity contribution in [3.05, 3.63) is 81.8 Å². The Morgan fingerprint density at radius 3 is 1.68 bits per heavy atom. The van der Waals surface area contributed by atoms with Gasteiger partial charge in [0.15, 0.2) is 11.4 Å². The summed E-state index contributed by atoms with van der Waals surface area (Å²) in [6, 6.07) is 14.8. The topological polar surface area (TPSA) is 81.5 Å². The molecule has 2 aromatic carbocycles. The Kier molecular flexibility index (Phi) is 12.2. The van der Waals surface area contributed by atoms with Crippen molar-refractivity contribution in [2.24, 2.45) is 5.11 Å². The minimum atomic E-state index is 0.504. The van der Waals surface area contributed by atoms with E-state index in [4.69, 9.17) is 18.7 Å². The van der Waals surface area contributed by atoms with Crippen LogP contribution in [0.15, 0.2) is 53.6 Å². The van der Waals surface area contributed by atoms with Crippen molar-refractivity contribution in [3.8, 4) is 0 Å². The molecule has 2 rings (SSSR count). The van der Waals surface area contributed by atoms with Gasteiger partial charge in [-0.3, -0.25) is 0 Å². The van der Waals surface area contributed by atoms with Crippen LogP contribution in [0.5, 0.6) is 0 Å². The van der Waals surface area contributed by atoms with Gasteiger partial charge in [0.1, 0.15) is 0 Å². The molecule has 0 aliphatic heterocycles. The van der Waals surface area contributed by atoms with E-state index in [0.29, 0.717) is 17.9 Å². The summed E-state index contributed by atoms with van der Waals surface area (Å²) in [7, 11) is 0. The van der Waals surface area contributed by atoms with Crippen molar-refractivity contribution in [2.45, 2.75) is 12.8 Å². The number of hydrogen-bond acceptors (Lipinski definition) is 3. The van der Waals surface area contributed by atoms with Crippen LogP contribution in [0.25, 0.3) is 20.1 Å². The second-order valence-corrected chi connectivity index (χ2v) is 6.31. The first kappa shape index (κ1) is 22.9. The summed E-state index contributed by atoms with van der Waals surface area (Å²) >= 11 is 3.37. The zero-order chi connectivity index (χ0) is 20.5. The van der Waals surface area contributed by atoms with Crippen LogP contribution in [-0.4, -0.2) is 25.0 Å². The molecule has 0 amide bonds. The maximum absolute atomic E-state index is 8.05. The molecule has 0 saturated carbocycles. The van der Waals surface area contributed by atoms with Crippen LogP contribution in [0.4, 0.5) is 22.7 Å². The van der Waals surface area contributed by atoms with Gasteiger partial charge in [-0.1, -0.05) is 45.3 Å². The Bertz CT molecular complexity index is 814. The molecule has 0 fully saturated rings. The summed E-state index contributed by atoms with van der Waals surface area (Å²) in [6.45, 7) is 15.8. The first-order chi connectivity index (χ1) is 13.7. The average molecular weight is 440 g/mol. The lowest BCUT2D eigenvalue weighted by Gasteiger charge is -2.04. The highest BCUT2D eigenvalue weighted by molar-refractivity contribution is 9.09. The van der Waals surface area contributed by atoms with Gasteiger partial charge >= 0.3 is 0 Å². The van der Waals surface area contributed by atoms with Crippen LogP contribution >= 0.6 is 15.9 Å². The number of nitrogens with one attached hydrogen (secondary N) is 2. The molecule has 0 aromatic heterocycles. The van der Waals surface area contributed by atoms with Crippen molar-refractivity contribution in [3.63, 3.8) is 0 Å². The molecule has 28 heavy (non-hydrogen) atoms. The summed E-state index contributed by atoms with van der Waals surface area (Å²) in [5.74, 6) is 0. The van der Waals surface area contributed by atoms with Crippen LogP contribution < -0.4 is 10.6 Å². The second-order valence-electron chi connectivity index (χ2n) is 5.52. The third-order valence-corrected chi connectivity index (χ3v) is 4.02. The Morgan fingerprint density at radius 1 is 0.821 bits per heavy atom. The van der Waals surface area contributed by atoms with Crippen molar-refractivity contribution in [2.75, 3.05) is 35.6 Å².